The minimum absolute atomic E-state index is 0.487. The molecule has 1 aromatic carbocycles. The number of benzene rings is 1. The van der Waals surface area contributed by atoms with Crippen molar-refractivity contribution in [3.8, 4) is 0 Å². The molecule has 4 heteroatoms. The van der Waals surface area contributed by atoms with Crippen molar-refractivity contribution in [1.82, 2.24) is 9.78 Å². The highest BCUT2D eigenvalue weighted by molar-refractivity contribution is 5.39. The van der Waals surface area contributed by atoms with Crippen molar-refractivity contribution in [1.29, 1.82) is 0 Å². The lowest BCUT2D eigenvalue weighted by Gasteiger charge is -2.12. The number of nitrogens with two attached hydrogens (primary N) is 1. The summed E-state index contributed by atoms with van der Waals surface area (Å²) in [6, 6.07) is 10.3. The van der Waals surface area contributed by atoms with Gasteiger partial charge in [0.2, 0.25) is 0 Å². The number of rotatable bonds is 7. The molecule has 0 atom stereocenters. The maximum atomic E-state index is 5.69. The fourth-order valence-electron chi connectivity index (χ4n) is 2.21. The number of anilines is 1. The van der Waals surface area contributed by atoms with E-state index in [4.69, 9.17) is 10.5 Å². The van der Waals surface area contributed by atoms with E-state index < -0.39 is 0 Å². The minimum atomic E-state index is 0.487. The van der Waals surface area contributed by atoms with Crippen molar-refractivity contribution in [2.75, 3.05) is 5.73 Å². The van der Waals surface area contributed by atoms with Gasteiger partial charge in [0, 0.05) is 11.9 Å². The molecule has 2 aromatic rings. The summed E-state index contributed by atoms with van der Waals surface area (Å²) in [7, 11) is 0. The van der Waals surface area contributed by atoms with Crippen LogP contribution in [0.1, 0.15) is 44.0 Å². The number of aromatic nitrogens is 2. The van der Waals surface area contributed by atoms with Crippen LogP contribution in [0.5, 0.6) is 0 Å². The topological polar surface area (TPSA) is 53.1 Å². The lowest BCUT2D eigenvalue weighted by Crippen LogP contribution is -2.08. The lowest BCUT2D eigenvalue weighted by atomic mass is 10.2. The summed E-state index contributed by atoms with van der Waals surface area (Å²) in [6.45, 7) is 5.50. The number of hydrogen-bond acceptors (Lipinski definition) is 3. The molecule has 0 unspecified atom stereocenters. The molecule has 108 valence electrons. The number of nitrogen functional groups attached to an aromatic ring is 1. The first-order valence-corrected chi connectivity index (χ1v) is 7.19. The summed E-state index contributed by atoms with van der Waals surface area (Å²) in [5.41, 5.74) is 8.53. The molecule has 0 saturated heterocycles. The van der Waals surface area contributed by atoms with Gasteiger partial charge in [-0.1, -0.05) is 26.0 Å². The van der Waals surface area contributed by atoms with E-state index in [1.807, 2.05) is 41.2 Å². The molecule has 0 aliphatic rings. The zero-order valence-corrected chi connectivity index (χ0v) is 12.2. The predicted octanol–water partition coefficient (Wildman–Crippen LogP) is 3.54. The zero-order valence-electron chi connectivity index (χ0n) is 12.2. The second-order valence-electron chi connectivity index (χ2n) is 4.99. The third-order valence-corrected chi connectivity index (χ3v) is 3.48. The average molecular weight is 273 g/mol. The molecule has 4 nitrogen and oxygen atoms in total. The third kappa shape index (κ3) is 3.84. The van der Waals surface area contributed by atoms with Gasteiger partial charge < -0.3 is 10.5 Å². The highest BCUT2D eigenvalue weighted by Gasteiger charge is 2.07. The SMILES string of the molecule is CCC(CC)n1ccc(COCc2ccc(N)cc2)n1. The van der Waals surface area contributed by atoms with Crippen molar-refractivity contribution in [2.45, 2.75) is 45.9 Å². The molecule has 0 radical (unpaired) electrons. The molecule has 1 aromatic heterocycles. The van der Waals surface area contributed by atoms with Crippen LogP contribution in [0.2, 0.25) is 0 Å². The van der Waals surface area contributed by atoms with E-state index in [2.05, 4.69) is 18.9 Å². The monoisotopic (exact) mass is 273 g/mol. The van der Waals surface area contributed by atoms with E-state index in [1.165, 1.54) is 0 Å². The summed E-state index contributed by atoms with van der Waals surface area (Å²) >= 11 is 0. The fraction of sp³-hybridized carbons (Fsp3) is 0.438. The van der Waals surface area contributed by atoms with Gasteiger partial charge in [0.05, 0.1) is 24.9 Å². The summed E-state index contributed by atoms with van der Waals surface area (Å²) in [6.07, 6.45) is 4.24. The Bertz CT molecular complexity index is 515. The Balaban J connectivity index is 1.84. The first kappa shape index (κ1) is 14.6. The molecule has 2 N–H and O–H groups in total. The van der Waals surface area contributed by atoms with E-state index in [9.17, 15) is 0 Å². The van der Waals surface area contributed by atoms with Gasteiger partial charge in [0.15, 0.2) is 0 Å². The van der Waals surface area contributed by atoms with Crippen molar-refractivity contribution in [3.63, 3.8) is 0 Å². The van der Waals surface area contributed by atoms with Crippen molar-refractivity contribution >= 4 is 5.69 Å². The van der Waals surface area contributed by atoms with Crippen molar-refractivity contribution in [2.24, 2.45) is 0 Å². The van der Waals surface area contributed by atoms with E-state index in [-0.39, 0.29) is 0 Å². The first-order valence-electron chi connectivity index (χ1n) is 7.19. The molecule has 20 heavy (non-hydrogen) atoms. The second-order valence-corrected chi connectivity index (χ2v) is 4.99. The molecule has 0 bridgehead atoms. The zero-order chi connectivity index (χ0) is 14.4. The smallest absolute Gasteiger partial charge is 0.0911 e. The normalized spacial score (nSPS) is 11.2. The molecular formula is C16H23N3O. The third-order valence-electron chi connectivity index (χ3n) is 3.48. The van der Waals surface area contributed by atoms with Crippen LogP contribution < -0.4 is 5.73 Å². The Kier molecular flexibility index (Phi) is 5.18. The van der Waals surface area contributed by atoms with E-state index in [0.29, 0.717) is 19.3 Å². The van der Waals surface area contributed by atoms with Crippen LogP contribution >= 0.6 is 0 Å². The molecule has 0 aliphatic carbocycles. The van der Waals surface area contributed by atoms with Crippen LogP contribution in [0, 0.1) is 0 Å². The van der Waals surface area contributed by atoms with Crippen molar-refractivity contribution < 1.29 is 4.74 Å². The summed E-state index contributed by atoms with van der Waals surface area (Å²) in [4.78, 5) is 0. The Morgan fingerprint density at radius 2 is 1.80 bits per heavy atom. The number of ether oxygens (including phenoxy) is 1. The largest absolute Gasteiger partial charge is 0.399 e. The van der Waals surface area contributed by atoms with Gasteiger partial charge in [-0.15, -0.1) is 0 Å². The van der Waals surface area contributed by atoms with Crippen LogP contribution in [-0.4, -0.2) is 9.78 Å². The Hall–Kier alpha value is -1.81. The minimum Gasteiger partial charge on any atom is -0.399 e. The Labute approximate surface area is 120 Å². The van der Waals surface area contributed by atoms with Gasteiger partial charge in [-0.05, 0) is 36.6 Å². The van der Waals surface area contributed by atoms with Gasteiger partial charge in [0.25, 0.3) is 0 Å². The molecule has 0 spiro atoms. The van der Waals surface area contributed by atoms with Gasteiger partial charge in [0.1, 0.15) is 0 Å². The quantitative estimate of drug-likeness (QED) is 0.785. The molecule has 1 heterocycles. The highest BCUT2D eigenvalue weighted by Crippen LogP contribution is 2.15. The molecule has 0 saturated carbocycles. The Morgan fingerprint density at radius 3 is 2.45 bits per heavy atom. The predicted molar refractivity (Wildman–Crippen MR) is 81.2 cm³/mol. The van der Waals surface area contributed by atoms with Gasteiger partial charge in [-0.25, -0.2) is 0 Å². The number of hydrogen-bond donors (Lipinski definition) is 1. The van der Waals surface area contributed by atoms with Crippen LogP contribution in [0.4, 0.5) is 5.69 Å². The maximum Gasteiger partial charge on any atom is 0.0911 e. The Morgan fingerprint density at radius 1 is 1.10 bits per heavy atom. The van der Waals surface area contributed by atoms with Crippen LogP contribution in [-0.2, 0) is 18.0 Å². The van der Waals surface area contributed by atoms with Gasteiger partial charge in [-0.3, -0.25) is 4.68 Å². The van der Waals surface area contributed by atoms with E-state index in [0.717, 1.165) is 29.8 Å². The fourth-order valence-corrected chi connectivity index (χ4v) is 2.21. The molecular weight excluding hydrogens is 250 g/mol. The molecule has 0 amide bonds. The van der Waals surface area contributed by atoms with Crippen LogP contribution in [0.15, 0.2) is 36.5 Å². The van der Waals surface area contributed by atoms with Crippen molar-refractivity contribution in [3.05, 3.63) is 47.8 Å². The van der Waals surface area contributed by atoms with Gasteiger partial charge in [-0.2, -0.15) is 5.10 Å². The summed E-state index contributed by atoms with van der Waals surface area (Å²) in [5, 5.41) is 4.57. The molecule has 0 fully saturated rings. The highest BCUT2D eigenvalue weighted by atomic mass is 16.5. The van der Waals surface area contributed by atoms with E-state index >= 15 is 0 Å². The molecule has 2 rings (SSSR count). The number of nitrogens with zero attached hydrogens (tertiary/aromatic N) is 2. The first-order chi connectivity index (χ1) is 9.72. The summed E-state index contributed by atoms with van der Waals surface area (Å²) in [5.74, 6) is 0. The summed E-state index contributed by atoms with van der Waals surface area (Å²) < 4.78 is 7.73. The lowest BCUT2D eigenvalue weighted by molar-refractivity contribution is 0.104. The average Bonchev–Trinajstić information content (AvgIpc) is 2.91. The maximum absolute atomic E-state index is 5.69. The van der Waals surface area contributed by atoms with E-state index in [1.54, 1.807) is 0 Å². The van der Waals surface area contributed by atoms with Gasteiger partial charge >= 0.3 is 0 Å². The van der Waals surface area contributed by atoms with Crippen LogP contribution in [0.3, 0.4) is 0 Å². The van der Waals surface area contributed by atoms with Crippen LogP contribution in [0.25, 0.3) is 0 Å². The molecule has 0 aliphatic heterocycles. The second kappa shape index (κ2) is 7.10. The standard InChI is InChI=1S/C16H23N3O/c1-3-16(4-2)19-10-9-15(18-19)12-20-11-13-5-7-14(17)8-6-13/h5-10,16H,3-4,11-12,17H2,1-2H3.